The molecule has 2 aromatic rings. The lowest BCUT2D eigenvalue weighted by Crippen LogP contribution is -2.47. The van der Waals surface area contributed by atoms with Gasteiger partial charge in [0.15, 0.2) is 0 Å². The van der Waals surface area contributed by atoms with Gasteiger partial charge in [-0.25, -0.2) is 0 Å². The highest BCUT2D eigenvalue weighted by molar-refractivity contribution is 5.48. The van der Waals surface area contributed by atoms with Crippen LogP contribution in [0.25, 0.3) is 0 Å². The van der Waals surface area contributed by atoms with Gasteiger partial charge in [-0.3, -0.25) is 4.98 Å². The molecule has 1 unspecified atom stereocenters. The highest BCUT2D eigenvalue weighted by Crippen LogP contribution is 2.29. The normalized spacial score (nSPS) is 19.7. The molecule has 0 radical (unpaired) electrons. The van der Waals surface area contributed by atoms with Crippen molar-refractivity contribution in [3.63, 3.8) is 0 Å². The number of hydrogen-bond donors (Lipinski definition) is 1. The zero-order chi connectivity index (χ0) is 14.7. The minimum Gasteiger partial charge on any atom is -0.361 e. The number of aromatic nitrogens is 1. The Morgan fingerprint density at radius 2 is 1.95 bits per heavy atom. The first-order valence-corrected chi connectivity index (χ1v) is 7.43. The number of rotatable bonds is 3. The molecule has 0 bridgehead atoms. The average molecular weight is 282 g/mol. The second kappa shape index (κ2) is 6.24. The highest BCUT2D eigenvalue weighted by Gasteiger charge is 2.26. The Balaban J connectivity index is 1.90. The molecule has 0 amide bonds. The molecule has 0 saturated carbocycles. The van der Waals surface area contributed by atoms with Crippen LogP contribution in [0.1, 0.15) is 17.3 Å². The number of nitrogens with two attached hydrogens (primary N) is 1. The number of nitrogens with zero attached hydrogens (tertiary/aromatic N) is 3. The number of piperazine rings is 1. The molecule has 1 aliphatic rings. The van der Waals surface area contributed by atoms with Gasteiger partial charge in [-0.15, -0.1) is 0 Å². The van der Waals surface area contributed by atoms with E-state index in [-0.39, 0.29) is 0 Å². The zero-order valence-electron chi connectivity index (χ0n) is 12.4. The largest absolute Gasteiger partial charge is 0.361 e. The summed E-state index contributed by atoms with van der Waals surface area (Å²) in [5, 5.41) is 0. The van der Waals surface area contributed by atoms with Gasteiger partial charge < -0.3 is 15.5 Å². The summed E-state index contributed by atoms with van der Waals surface area (Å²) in [5.74, 6) is 0. The molecule has 1 fully saturated rings. The summed E-state index contributed by atoms with van der Waals surface area (Å²) >= 11 is 0. The second-order valence-corrected chi connectivity index (χ2v) is 5.59. The maximum Gasteiger partial charge on any atom is 0.0670 e. The average Bonchev–Trinajstić information content (AvgIpc) is 2.56. The Kier molecular flexibility index (Phi) is 4.18. The minimum atomic E-state index is 0.371. The van der Waals surface area contributed by atoms with Crippen LogP contribution < -0.4 is 10.6 Å². The number of pyridine rings is 1. The molecular weight excluding hydrogens is 260 g/mol. The summed E-state index contributed by atoms with van der Waals surface area (Å²) < 4.78 is 0. The first kappa shape index (κ1) is 14.0. The Labute approximate surface area is 126 Å². The van der Waals surface area contributed by atoms with Crippen molar-refractivity contribution in [1.29, 1.82) is 0 Å². The van der Waals surface area contributed by atoms with Crippen LogP contribution in [0.15, 0.2) is 48.7 Å². The van der Waals surface area contributed by atoms with Gasteiger partial charge in [-0.2, -0.15) is 0 Å². The van der Waals surface area contributed by atoms with E-state index in [2.05, 4.69) is 58.2 Å². The Morgan fingerprint density at radius 1 is 1.14 bits per heavy atom. The van der Waals surface area contributed by atoms with Crippen molar-refractivity contribution in [1.82, 2.24) is 9.88 Å². The number of likely N-dealkylation sites (N-methyl/N-ethyl adjacent to an activating group) is 1. The molecule has 0 spiro atoms. The van der Waals surface area contributed by atoms with Gasteiger partial charge in [0.1, 0.15) is 0 Å². The molecular formula is C17H22N4. The summed E-state index contributed by atoms with van der Waals surface area (Å²) in [4.78, 5) is 9.27. The maximum absolute atomic E-state index is 5.63. The van der Waals surface area contributed by atoms with Crippen LogP contribution in [0.2, 0.25) is 0 Å². The van der Waals surface area contributed by atoms with Crippen LogP contribution in [0.5, 0.6) is 0 Å². The van der Waals surface area contributed by atoms with E-state index in [0.29, 0.717) is 12.6 Å². The van der Waals surface area contributed by atoms with Crippen molar-refractivity contribution in [3.8, 4) is 0 Å². The standard InChI is InChI=1S/C17H22N4/c1-20-9-10-21(16-8-7-15(11-18)19-12-16)17(13-20)14-5-3-2-4-6-14/h2-8,12,17H,9-11,13,18H2,1H3. The van der Waals surface area contributed by atoms with Crippen LogP contribution >= 0.6 is 0 Å². The lowest BCUT2D eigenvalue weighted by atomic mass is 10.0. The molecule has 3 rings (SSSR count). The summed E-state index contributed by atoms with van der Waals surface area (Å²) in [6, 6.07) is 15.2. The number of anilines is 1. The Bertz CT molecular complexity index is 567. The predicted octanol–water partition coefficient (Wildman–Crippen LogP) is 2.03. The molecule has 1 aromatic carbocycles. The molecule has 0 aliphatic carbocycles. The SMILES string of the molecule is CN1CCN(c2ccc(CN)nc2)C(c2ccccc2)C1. The van der Waals surface area contributed by atoms with Crippen molar-refractivity contribution in [2.75, 3.05) is 31.6 Å². The van der Waals surface area contributed by atoms with Crippen molar-refractivity contribution in [2.45, 2.75) is 12.6 Å². The summed E-state index contributed by atoms with van der Waals surface area (Å²) in [5.41, 5.74) is 9.10. The highest BCUT2D eigenvalue weighted by atomic mass is 15.3. The lowest BCUT2D eigenvalue weighted by molar-refractivity contribution is 0.269. The molecule has 21 heavy (non-hydrogen) atoms. The second-order valence-electron chi connectivity index (χ2n) is 5.59. The first-order valence-electron chi connectivity index (χ1n) is 7.43. The Hall–Kier alpha value is -1.91. The van der Waals surface area contributed by atoms with Crippen molar-refractivity contribution in [2.24, 2.45) is 5.73 Å². The van der Waals surface area contributed by atoms with E-state index in [1.54, 1.807) is 0 Å². The van der Waals surface area contributed by atoms with Crippen LogP contribution in [-0.4, -0.2) is 36.6 Å². The lowest BCUT2D eigenvalue weighted by Gasteiger charge is -2.41. The third-order valence-electron chi connectivity index (χ3n) is 4.12. The minimum absolute atomic E-state index is 0.371. The van der Waals surface area contributed by atoms with E-state index in [9.17, 15) is 0 Å². The van der Waals surface area contributed by atoms with Gasteiger partial charge in [0.2, 0.25) is 0 Å². The van der Waals surface area contributed by atoms with E-state index in [1.165, 1.54) is 11.3 Å². The summed E-state index contributed by atoms with van der Waals surface area (Å²) in [6.45, 7) is 3.61. The number of hydrogen-bond acceptors (Lipinski definition) is 4. The van der Waals surface area contributed by atoms with Crippen molar-refractivity contribution in [3.05, 3.63) is 59.9 Å². The van der Waals surface area contributed by atoms with E-state index >= 15 is 0 Å². The van der Waals surface area contributed by atoms with Gasteiger partial charge in [-0.1, -0.05) is 30.3 Å². The molecule has 2 N–H and O–H groups in total. The van der Waals surface area contributed by atoms with E-state index in [1.807, 2.05) is 12.3 Å². The fourth-order valence-corrected chi connectivity index (χ4v) is 2.90. The third-order valence-corrected chi connectivity index (χ3v) is 4.12. The molecule has 4 nitrogen and oxygen atoms in total. The Morgan fingerprint density at radius 3 is 2.62 bits per heavy atom. The molecule has 1 saturated heterocycles. The molecule has 110 valence electrons. The van der Waals surface area contributed by atoms with Crippen LogP contribution in [-0.2, 0) is 6.54 Å². The molecule has 1 aromatic heterocycles. The number of benzene rings is 1. The van der Waals surface area contributed by atoms with E-state index < -0.39 is 0 Å². The summed E-state index contributed by atoms with van der Waals surface area (Å²) in [7, 11) is 2.18. The van der Waals surface area contributed by atoms with Gasteiger partial charge in [0, 0.05) is 26.2 Å². The van der Waals surface area contributed by atoms with E-state index in [0.717, 1.165) is 25.3 Å². The topological polar surface area (TPSA) is 45.4 Å². The van der Waals surface area contributed by atoms with Crippen LogP contribution in [0.4, 0.5) is 5.69 Å². The maximum atomic E-state index is 5.63. The van der Waals surface area contributed by atoms with Crippen LogP contribution in [0, 0.1) is 0 Å². The zero-order valence-corrected chi connectivity index (χ0v) is 12.4. The molecule has 1 atom stereocenters. The molecule has 1 aliphatic heterocycles. The van der Waals surface area contributed by atoms with Crippen molar-refractivity contribution >= 4 is 5.69 Å². The molecule has 4 heteroatoms. The van der Waals surface area contributed by atoms with Gasteiger partial charge in [0.25, 0.3) is 0 Å². The monoisotopic (exact) mass is 282 g/mol. The quantitative estimate of drug-likeness (QED) is 0.935. The van der Waals surface area contributed by atoms with Crippen LogP contribution in [0.3, 0.4) is 0 Å². The molecule has 2 heterocycles. The van der Waals surface area contributed by atoms with E-state index in [4.69, 9.17) is 5.73 Å². The van der Waals surface area contributed by atoms with Gasteiger partial charge in [0.05, 0.1) is 23.6 Å². The third kappa shape index (κ3) is 3.06. The summed E-state index contributed by atoms with van der Waals surface area (Å²) in [6.07, 6.45) is 1.95. The van der Waals surface area contributed by atoms with Gasteiger partial charge >= 0.3 is 0 Å². The smallest absolute Gasteiger partial charge is 0.0670 e. The fourth-order valence-electron chi connectivity index (χ4n) is 2.90. The fraction of sp³-hybridized carbons (Fsp3) is 0.353. The first-order chi connectivity index (χ1) is 10.3. The predicted molar refractivity (Wildman–Crippen MR) is 86.2 cm³/mol. The van der Waals surface area contributed by atoms with Gasteiger partial charge in [-0.05, 0) is 24.7 Å². The van der Waals surface area contributed by atoms with Crippen molar-refractivity contribution < 1.29 is 0 Å².